The van der Waals surface area contributed by atoms with Crippen molar-refractivity contribution in [1.82, 2.24) is 0 Å². The van der Waals surface area contributed by atoms with Crippen LogP contribution in [0.4, 0.5) is 0 Å². The molecule has 2 unspecified atom stereocenters. The van der Waals surface area contributed by atoms with Gasteiger partial charge in [0.05, 0.1) is 0 Å². The van der Waals surface area contributed by atoms with E-state index in [1.165, 1.54) is 38.5 Å². The summed E-state index contributed by atoms with van der Waals surface area (Å²) in [5.41, 5.74) is 0. The summed E-state index contributed by atoms with van der Waals surface area (Å²) in [6.07, 6.45) is 8.46. The van der Waals surface area contributed by atoms with Gasteiger partial charge in [-0.1, -0.05) is 59.8 Å². The minimum atomic E-state index is 1.05. The minimum Gasteiger partial charge on any atom is -0.0654 e. The molecule has 1 aliphatic carbocycles. The molecule has 1 saturated carbocycles. The van der Waals surface area contributed by atoms with Crippen LogP contribution in [0.25, 0.3) is 0 Å². The van der Waals surface area contributed by atoms with Crippen LogP contribution in [-0.2, 0) is 0 Å². The van der Waals surface area contributed by atoms with E-state index in [1.807, 2.05) is 0 Å². The fourth-order valence-electron chi connectivity index (χ4n) is 1.70. The Kier molecular flexibility index (Phi) is 7.64. The Hall–Kier alpha value is 0. The fraction of sp³-hybridized carbons (Fsp3) is 1.00. The highest BCUT2D eigenvalue weighted by atomic mass is 14.3. The summed E-state index contributed by atoms with van der Waals surface area (Å²) in [4.78, 5) is 0. The number of hydrogen-bond donors (Lipinski definition) is 0. The third-order valence-corrected chi connectivity index (χ3v) is 3.03. The molecule has 0 radical (unpaired) electrons. The molecule has 12 heavy (non-hydrogen) atoms. The van der Waals surface area contributed by atoms with Crippen LogP contribution in [-0.4, -0.2) is 0 Å². The van der Waals surface area contributed by atoms with Crippen LogP contribution in [0, 0.1) is 11.8 Å². The molecule has 0 N–H and O–H groups in total. The smallest absolute Gasteiger partial charge is 0.0391 e. The predicted molar refractivity (Wildman–Crippen MR) is 57.4 cm³/mol. The van der Waals surface area contributed by atoms with E-state index in [-0.39, 0.29) is 0 Å². The van der Waals surface area contributed by atoms with Crippen LogP contribution in [0.1, 0.15) is 66.2 Å². The molecule has 0 spiro atoms. The van der Waals surface area contributed by atoms with Crippen molar-refractivity contribution in [2.45, 2.75) is 66.2 Å². The normalized spacial score (nSPS) is 27.0. The molecule has 1 rings (SSSR count). The highest BCUT2D eigenvalue weighted by Gasteiger charge is 2.23. The Labute approximate surface area is 78.8 Å². The van der Waals surface area contributed by atoms with E-state index in [0.29, 0.717) is 0 Å². The van der Waals surface area contributed by atoms with E-state index < -0.39 is 0 Å². The highest BCUT2D eigenvalue weighted by molar-refractivity contribution is 4.75. The Morgan fingerprint density at radius 3 is 1.58 bits per heavy atom. The lowest BCUT2D eigenvalue weighted by atomic mass is 9.74. The standard InChI is InChI=1S/C7H14.C5H12/c1-3-7-5-4-6(7)2;1-3-5-4-2/h6-7H,3-5H2,1-2H3;3-5H2,1-2H3. The fourth-order valence-corrected chi connectivity index (χ4v) is 1.70. The van der Waals surface area contributed by atoms with Crippen molar-refractivity contribution in [3.05, 3.63) is 0 Å². The molecule has 0 aliphatic heterocycles. The Morgan fingerprint density at radius 2 is 1.58 bits per heavy atom. The molecule has 0 bridgehead atoms. The second kappa shape index (κ2) is 7.64. The molecule has 0 nitrogen and oxygen atoms in total. The van der Waals surface area contributed by atoms with E-state index in [1.54, 1.807) is 0 Å². The minimum absolute atomic E-state index is 1.05. The van der Waals surface area contributed by atoms with Crippen LogP contribution in [0.15, 0.2) is 0 Å². The van der Waals surface area contributed by atoms with Gasteiger partial charge in [-0.15, -0.1) is 0 Å². The molecular weight excluding hydrogens is 144 g/mol. The van der Waals surface area contributed by atoms with E-state index in [2.05, 4.69) is 27.7 Å². The maximum atomic E-state index is 2.36. The SMILES string of the molecule is CCC1CCC1C.CCCCC. The van der Waals surface area contributed by atoms with Crippen molar-refractivity contribution < 1.29 is 0 Å². The molecule has 2 atom stereocenters. The second-order valence-corrected chi connectivity index (χ2v) is 4.08. The quantitative estimate of drug-likeness (QED) is 0.579. The zero-order chi connectivity index (χ0) is 9.40. The molecule has 0 heteroatoms. The maximum absolute atomic E-state index is 2.36. The summed E-state index contributed by atoms with van der Waals surface area (Å²) < 4.78 is 0. The average Bonchev–Trinajstić information content (AvgIpc) is 2.05. The van der Waals surface area contributed by atoms with Gasteiger partial charge in [0.15, 0.2) is 0 Å². The molecule has 0 amide bonds. The van der Waals surface area contributed by atoms with Gasteiger partial charge in [-0.05, 0) is 18.3 Å². The van der Waals surface area contributed by atoms with Gasteiger partial charge in [-0.2, -0.15) is 0 Å². The van der Waals surface area contributed by atoms with Crippen molar-refractivity contribution in [2.24, 2.45) is 11.8 Å². The van der Waals surface area contributed by atoms with Gasteiger partial charge in [0.2, 0.25) is 0 Å². The van der Waals surface area contributed by atoms with Crippen LogP contribution < -0.4 is 0 Å². The Balaban J connectivity index is 0.000000217. The van der Waals surface area contributed by atoms with E-state index >= 15 is 0 Å². The molecule has 0 aromatic carbocycles. The molecular formula is C12H26. The van der Waals surface area contributed by atoms with Gasteiger partial charge in [0.1, 0.15) is 0 Å². The monoisotopic (exact) mass is 170 g/mol. The average molecular weight is 170 g/mol. The van der Waals surface area contributed by atoms with Crippen LogP contribution in [0.2, 0.25) is 0 Å². The van der Waals surface area contributed by atoms with E-state index in [9.17, 15) is 0 Å². The lowest BCUT2D eigenvalue weighted by molar-refractivity contribution is 0.190. The zero-order valence-electron chi connectivity index (χ0n) is 9.40. The first kappa shape index (κ1) is 12.0. The largest absolute Gasteiger partial charge is 0.0654 e. The zero-order valence-corrected chi connectivity index (χ0v) is 9.40. The van der Waals surface area contributed by atoms with Crippen LogP contribution >= 0.6 is 0 Å². The first-order chi connectivity index (χ1) is 5.76. The maximum Gasteiger partial charge on any atom is -0.0391 e. The lowest BCUT2D eigenvalue weighted by Gasteiger charge is -2.32. The van der Waals surface area contributed by atoms with Crippen molar-refractivity contribution in [2.75, 3.05) is 0 Å². The lowest BCUT2D eigenvalue weighted by Crippen LogP contribution is -2.21. The van der Waals surface area contributed by atoms with Crippen molar-refractivity contribution in [3.8, 4) is 0 Å². The van der Waals surface area contributed by atoms with Crippen molar-refractivity contribution >= 4 is 0 Å². The summed E-state index contributed by atoms with van der Waals surface area (Å²) >= 11 is 0. The summed E-state index contributed by atoms with van der Waals surface area (Å²) in [6.45, 7) is 9.07. The third kappa shape index (κ3) is 4.79. The molecule has 0 aromatic rings. The topological polar surface area (TPSA) is 0 Å². The number of rotatable bonds is 3. The van der Waals surface area contributed by atoms with Crippen molar-refractivity contribution in [3.63, 3.8) is 0 Å². The van der Waals surface area contributed by atoms with Gasteiger partial charge >= 0.3 is 0 Å². The molecule has 1 aliphatic rings. The number of unbranched alkanes of at least 4 members (excludes halogenated alkanes) is 2. The van der Waals surface area contributed by atoms with Crippen LogP contribution in [0.3, 0.4) is 0 Å². The predicted octanol–water partition coefficient (Wildman–Crippen LogP) is 4.64. The van der Waals surface area contributed by atoms with E-state index in [0.717, 1.165) is 11.8 Å². The first-order valence-corrected chi connectivity index (χ1v) is 5.76. The summed E-state index contributed by atoms with van der Waals surface area (Å²) in [5.74, 6) is 2.13. The van der Waals surface area contributed by atoms with Crippen LogP contribution in [0.5, 0.6) is 0 Å². The van der Waals surface area contributed by atoms with E-state index in [4.69, 9.17) is 0 Å². The van der Waals surface area contributed by atoms with Gasteiger partial charge in [0, 0.05) is 0 Å². The van der Waals surface area contributed by atoms with Gasteiger partial charge in [0.25, 0.3) is 0 Å². The van der Waals surface area contributed by atoms with Gasteiger partial charge in [-0.3, -0.25) is 0 Å². The third-order valence-electron chi connectivity index (χ3n) is 3.03. The van der Waals surface area contributed by atoms with Gasteiger partial charge in [-0.25, -0.2) is 0 Å². The number of hydrogen-bond acceptors (Lipinski definition) is 0. The summed E-state index contributed by atoms with van der Waals surface area (Å²) in [6, 6.07) is 0. The first-order valence-electron chi connectivity index (χ1n) is 5.76. The molecule has 74 valence electrons. The molecule has 0 aromatic heterocycles. The Bertz CT molecular complexity index is 82.0. The summed E-state index contributed by atoms with van der Waals surface area (Å²) in [5, 5.41) is 0. The van der Waals surface area contributed by atoms with Gasteiger partial charge < -0.3 is 0 Å². The highest BCUT2D eigenvalue weighted by Crippen LogP contribution is 2.35. The molecule has 0 saturated heterocycles. The Morgan fingerprint density at radius 1 is 1.00 bits per heavy atom. The molecule has 0 heterocycles. The van der Waals surface area contributed by atoms with Crippen molar-refractivity contribution in [1.29, 1.82) is 0 Å². The molecule has 1 fully saturated rings. The second-order valence-electron chi connectivity index (χ2n) is 4.08. The summed E-state index contributed by atoms with van der Waals surface area (Å²) in [7, 11) is 0.